The minimum Gasteiger partial charge on any atom is -0.478 e. The summed E-state index contributed by atoms with van der Waals surface area (Å²) in [6, 6.07) is 14.8. The standard InChI is InChI=1S/C13H9BrO2S/c14-11-3-1-2-4-12(11)17-10-7-5-9(6-8-10)13(15)16/h1-8H,(H,15,16). The van der Waals surface area contributed by atoms with Crippen molar-refractivity contribution < 1.29 is 9.90 Å². The Morgan fingerprint density at radius 3 is 2.29 bits per heavy atom. The summed E-state index contributed by atoms with van der Waals surface area (Å²) < 4.78 is 1.03. The van der Waals surface area contributed by atoms with Gasteiger partial charge in [0.25, 0.3) is 0 Å². The topological polar surface area (TPSA) is 37.3 Å². The molecule has 0 aliphatic rings. The van der Waals surface area contributed by atoms with Gasteiger partial charge in [0.15, 0.2) is 0 Å². The van der Waals surface area contributed by atoms with Crippen LogP contribution >= 0.6 is 27.7 Å². The molecular formula is C13H9BrO2S. The molecule has 2 aromatic carbocycles. The van der Waals surface area contributed by atoms with Gasteiger partial charge in [0.1, 0.15) is 0 Å². The second kappa shape index (κ2) is 5.38. The van der Waals surface area contributed by atoms with Crippen molar-refractivity contribution in [2.75, 3.05) is 0 Å². The zero-order valence-corrected chi connectivity index (χ0v) is 11.2. The molecule has 2 nitrogen and oxygen atoms in total. The van der Waals surface area contributed by atoms with Crippen molar-refractivity contribution in [3.05, 3.63) is 58.6 Å². The highest BCUT2D eigenvalue weighted by molar-refractivity contribution is 9.10. The number of carboxylic acid groups (broad SMARTS) is 1. The molecule has 0 aliphatic carbocycles. The Kier molecular flexibility index (Phi) is 3.86. The quantitative estimate of drug-likeness (QED) is 0.918. The molecule has 86 valence electrons. The molecule has 0 aliphatic heterocycles. The van der Waals surface area contributed by atoms with Crippen LogP contribution in [0.4, 0.5) is 0 Å². The summed E-state index contributed by atoms with van der Waals surface area (Å²) in [5.74, 6) is -0.901. The Bertz CT molecular complexity index is 537. The van der Waals surface area contributed by atoms with E-state index in [4.69, 9.17) is 5.11 Å². The minimum atomic E-state index is -0.901. The Morgan fingerprint density at radius 2 is 1.71 bits per heavy atom. The lowest BCUT2D eigenvalue weighted by atomic mass is 10.2. The van der Waals surface area contributed by atoms with Gasteiger partial charge in [-0.2, -0.15) is 0 Å². The molecule has 1 N–H and O–H groups in total. The van der Waals surface area contributed by atoms with Gasteiger partial charge in [-0.25, -0.2) is 4.79 Å². The van der Waals surface area contributed by atoms with Crippen molar-refractivity contribution in [2.24, 2.45) is 0 Å². The van der Waals surface area contributed by atoms with Gasteiger partial charge < -0.3 is 5.11 Å². The van der Waals surface area contributed by atoms with Gasteiger partial charge in [0.05, 0.1) is 5.56 Å². The van der Waals surface area contributed by atoms with Gasteiger partial charge in [-0.3, -0.25) is 0 Å². The van der Waals surface area contributed by atoms with E-state index in [0.717, 1.165) is 14.3 Å². The van der Waals surface area contributed by atoms with Crippen molar-refractivity contribution in [1.82, 2.24) is 0 Å². The van der Waals surface area contributed by atoms with Crippen molar-refractivity contribution >= 4 is 33.7 Å². The highest BCUT2D eigenvalue weighted by Crippen LogP contribution is 2.33. The van der Waals surface area contributed by atoms with E-state index < -0.39 is 5.97 Å². The van der Waals surface area contributed by atoms with Crippen molar-refractivity contribution in [3.8, 4) is 0 Å². The van der Waals surface area contributed by atoms with E-state index in [-0.39, 0.29) is 0 Å². The second-order valence-electron chi connectivity index (χ2n) is 3.36. The lowest BCUT2D eigenvalue weighted by Gasteiger charge is -2.04. The van der Waals surface area contributed by atoms with Crippen LogP contribution in [-0.4, -0.2) is 11.1 Å². The molecular weight excluding hydrogens is 300 g/mol. The van der Waals surface area contributed by atoms with Crippen LogP contribution in [-0.2, 0) is 0 Å². The molecule has 2 aromatic rings. The van der Waals surface area contributed by atoms with E-state index in [0.29, 0.717) is 5.56 Å². The molecule has 0 saturated carbocycles. The lowest BCUT2D eigenvalue weighted by Crippen LogP contribution is -1.94. The van der Waals surface area contributed by atoms with Crippen LogP contribution in [0.3, 0.4) is 0 Å². The average Bonchev–Trinajstić information content (AvgIpc) is 2.33. The van der Waals surface area contributed by atoms with Crippen LogP contribution in [0.1, 0.15) is 10.4 Å². The molecule has 17 heavy (non-hydrogen) atoms. The summed E-state index contributed by atoms with van der Waals surface area (Å²) in [6.45, 7) is 0. The van der Waals surface area contributed by atoms with E-state index in [1.807, 2.05) is 36.4 Å². The van der Waals surface area contributed by atoms with Gasteiger partial charge in [-0.1, -0.05) is 23.9 Å². The number of hydrogen-bond acceptors (Lipinski definition) is 2. The number of halogens is 1. The predicted molar refractivity (Wildman–Crippen MR) is 71.7 cm³/mol. The highest BCUT2D eigenvalue weighted by Gasteiger charge is 2.04. The van der Waals surface area contributed by atoms with Crippen LogP contribution in [0.5, 0.6) is 0 Å². The lowest BCUT2D eigenvalue weighted by molar-refractivity contribution is 0.0697. The molecule has 0 amide bonds. The van der Waals surface area contributed by atoms with Gasteiger partial charge in [0.2, 0.25) is 0 Å². The Morgan fingerprint density at radius 1 is 1.06 bits per heavy atom. The van der Waals surface area contributed by atoms with E-state index in [1.54, 1.807) is 23.9 Å². The molecule has 0 atom stereocenters. The summed E-state index contributed by atoms with van der Waals surface area (Å²) in [4.78, 5) is 12.8. The number of carbonyl (C=O) groups is 1. The normalized spacial score (nSPS) is 10.2. The zero-order chi connectivity index (χ0) is 12.3. The maximum absolute atomic E-state index is 10.7. The molecule has 4 heteroatoms. The van der Waals surface area contributed by atoms with E-state index in [9.17, 15) is 4.79 Å². The fourth-order valence-corrected chi connectivity index (χ4v) is 2.69. The maximum Gasteiger partial charge on any atom is 0.335 e. The number of aromatic carboxylic acids is 1. The molecule has 0 radical (unpaired) electrons. The van der Waals surface area contributed by atoms with Crippen LogP contribution in [0, 0.1) is 0 Å². The van der Waals surface area contributed by atoms with Crippen LogP contribution in [0.25, 0.3) is 0 Å². The molecule has 0 bridgehead atoms. The van der Waals surface area contributed by atoms with Crippen molar-refractivity contribution in [3.63, 3.8) is 0 Å². The van der Waals surface area contributed by atoms with E-state index >= 15 is 0 Å². The van der Waals surface area contributed by atoms with Gasteiger partial charge in [-0.15, -0.1) is 0 Å². The summed E-state index contributed by atoms with van der Waals surface area (Å²) in [7, 11) is 0. The van der Waals surface area contributed by atoms with Gasteiger partial charge in [-0.05, 0) is 52.3 Å². The van der Waals surface area contributed by atoms with Crippen LogP contribution in [0.2, 0.25) is 0 Å². The molecule has 0 aromatic heterocycles. The SMILES string of the molecule is O=C(O)c1ccc(Sc2ccccc2Br)cc1. The fourth-order valence-electron chi connectivity index (χ4n) is 1.32. The smallest absolute Gasteiger partial charge is 0.335 e. The van der Waals surface area contributed by atoms with Crippen LogP contribution < -0.4 is 0 Å². The largest absolute Gasteiger partial charge is 0.478 e. The molecule has 0 saturated heterocycles. The van der Waals surface area contributed by atoms with Gasteiger partial charge in [0, 0.05) is 14.3 Å². The van der Waals surface area contributed by atoms with Crippen LogP contribution in [0.15, 0.2) is 62.8 Å². The molecule has 0 heterocycles. The minimum absolute atomic E-state index is 0.307. The highest BCUT2D eigenvalue weighted by atomic mass is 79.9. The monoisotopic (exact) mass is 308 g/mol. The molecule has 2 rings (SSSR count). The number of benzene rings is 2. The third-order valence-electron chi connectivity index (χ3n) is 2.17. The third kappa shape index (κ3) is 3.11. The Hall–Kier alpha value is -1.26. The molecule has 0 unspecified atom stereocenters. The first-order chi connectivity index (χ1) is 8.16. The number of carboxylic acids is 1. The maximum atomic E-state index is 10.7. The predicted octanol–water partition coefficient (Wildman–Crippen LogP) is 4.30. The summed E-state index contributed by atoms with van der Waals surface area (Å²) in [5.41, 5.74) is 0.307. The first kappa shape index (κ1) is 12.2. The Balaban J connectivity index is 2.20. The van der Waals surface area contributed by atoms with Crippen molar-refractivity contribution in [2.45, 2.75) is 9.79 Å². The first-order valence-electron chi connectivity index (χ1n) is 4.92. The Labute approximate surface area is 112 Å². The van der Waals surface area contributed by atoms with Crippen molar-refractivity contribution in [1.29, 1.82) is 0 Å². The van der Waals surface area contributed by atoms with E-state index in [2.05, 4.69) is 15.9 Å². The third-order valence-corrected chi connectivity index (χ3v) is 4.20. The average molecular weight is 309 g/mol. The summed E-state index contributed by atoms with van der Waals surface area (Å²) >= 11 is 5.07. The van der Waals surface area contributed by atoms with E-state index in [1.165, 1.54) is 0 Å². The molecule has 0 fully saturated rings. The fraction of sp³-hybridized carbons (Fsp3) is 0. The molecule has 0 spiro atoms. The number of rotatable bonds is 3. The first-order valence-corrected chi connectivity index (χ1v) is 6.53. The number of hydrogen-bond donors (Lipinski definition) is 1. The second-order valence-corrected chi connectivity index (χ2v) is 5.33. The zero-order valence-electron chi connectivity index (χ0n) is 8.76. The van der Waals surface area contributed by atoms with Gasteiger partial charge >= 0.3 is 5.97 Å². The summed E-state index contributed by atoms with van der Waals surface area (Å²) in [6.07, 6.45) is 0. The summed E-state index contributed by atoms with van der Waals surface area (Å²) in [5, 5.41) is 8.80.